The molecule has 0 spiro atoms. The van der Waals surface area contributed by atoms with Crippen LogP contribution in [0.4, 0.5) is 5.69 Å². The summed E-state index contributed by atoms with van der Waals surface area (Å²) >= 11 is 0. The predicted molar refractivity (Wildman–Crippen MR) is 135 cm³/mol. The number of hydrogen-bond acceptors (Lipinski definition) is 3. The van der Waals surface area contributed by atoms with Crippen molar-refractivity contribution in [3.8, 4) is 0 Å². The normalized spacial score (nSPS) is 10.3. The second-order valence-corrected chi connectivity index (χ2v) is 8.95. The average Bonchev–Trinajstić information content (AvgIpc) is 2.78. The third-order valence-electron chi connectivity index (χ3n) is 6.09. The van der Waals surface area contributed by atoms with Gasteiger partial charge in [-0.25, -0.2) is 9.59 Å². The fourth-order valence-electron chi connectivity index (χ4n) is 4.10. The van der Waals surface area contributed by atoms with Crippen LogP contribution in [-0.2, 0) is 0 Å². The van der Waals surface area contributed by atoms with Gasteiger partial charge < -0.3 is 18.4 Å². The van der Waals surface area contributed by atoms with Gasteiger partial charge in [-0.15, -0.1) is 0 Å². The summed E-state index contributed by atoms with van der Waals surface area (Å²) in [5.41, 5.74) is 0.301. The van der Waals surface area contributed by atoms with E-state index in [0.29, 0.717) is 5.69 Å². The number of unbranched alkanes of at least 4 members (excludes halogenated alkanes) is 16. The fraction of sp³-hybridized carbons (Fsp3) is 0.704. The quantitative estimate of drug-likeness (QED) is 0.180. The maximum atomic E-state index is 11.2. The van der Waals surface area contributed by atoms with E-state index in [1.165, 1.54) is 108 Å². The van der Waals surface area contributed by atoms with Gasteiger partial charge in [-0.05, 0) is 24.6 Å². The summed E-state index contributed by atoms with van der Waals surface area (Å²) in [6, 6.07) is 4.38. The topological polar surface area (TPSA) is 86.6 Å². The van der Waals surface area contributed by atoms with E-state index in [1.807, 2.05) is 0 Å². The van der Waals surface area contributed by atoms with Gasteiger partial charge in [-0.3, -0.25) is 0 Å². The fourth-order valence-corrected chi connectivity index (χ4v) is 4.10. The molecule has 5 nitrogen and oxygen atoms in total. The van der Waals surface area contributed by atoms with Gasteiger partial charge in [0, 0.05) is 12.2 Å². The smallest absolute Gasteiger partial charge is 1.00 e. The van der Waals surface area contributed by atoms with Gasteiger partial charge in [-0.2, -0.15) is 0 Å². The molecule has 1 rings (SSSR count). The van der Waals surface area contributed by atoms with Crippen LogP contribution in [0.5, 0.6) is 0 Å². The van der Waals surface area contributed by atoms with E-state index in [-0.39, 0.29) is 73.1 Å². The van der Waals surface area contributed by atoms with E-state index in [0.717, 1.165) is 19.4 Å². The molecule has 0 heterocycles. The molecule has 1 aromatic rings. The van der Waals surface area contributed by atoms with Gasteiger partial charge in [-0.1, -0.05) is 110 Å². The van der Waals surface area contributed by atoms with Crippen molar-refractivity contribution >= 4 is 17.6 Å². The van der Waals surface area contributed by atoms with Crippen LogP contribution in [0, 0.1) is 0 Å². The average molecular weight is 496 g/mol. The van der Waals surface area contributed by atoms with Crippen molar-refractivity contribution < 1.29 is 81.8 Å². The number of carbonyl (C=O) groups is 2. The van der Waals surface area contributed by atoms with E-state index >= 15 is 0 Å². The standard InChI is InChI=1S/C27H45NO4.2Na.2H/c1-2-3-4-5-6-7-8-9-10-11-12-13-14-15-16-17-18-21-28-23-19-20-24(26(29)30)25(22-23)27(31)32;;;;/h19-20,22,28H,2-18,21H2,1H3,(H,29,30)(H,31,32);;;;/q;2*+1;2*-1. The first-order chi connectivity index (χ1) is 15.6. The number of rotatable bonds is 21. The van der Waals surface area contributed by atoms with E-state index < -0.39 is 11.9 Å². The van der Waals surface area contributed by atoms with Crippen molar-refractivity contribution in [1.82, 2.24) is 0 Å². The van der Waals surface area contributed by atoms with Gasteiger partial charge in [0.15, 0.2) is 0 Å². The monoisotopic (exact) mass is 495 g/mol. The molecule has 0 aliphatic heterocycles. The predicted octanol–water partition coefficient (Wildman–Crippen LogP) is 2.38. The summed E-state index contributed by atoms with van der Waals surface area (Å²) in [7, 11) is 0. The molecule has 0 atom stereocenters. The molecule has 0 amide bonds. The number of carboxylic acid groups (broad SMARTS) is 2. The molecule has 0 radical (unpaired) electrons. The van der Waals surface area contributed by atoms with Crippen molar-refractivity contribution in [3.63, 3.8) is 0 Å². The molecular weight excluding hydrogens is 448 g/mol. The van der Waals surface area contributed by atoms with Crippen molar-refractivity contribution in [2.24, 2.45) is 0 Å². The van der Waals surface area contributed by atoms with Crippen LogP contribution in [0.3, 0.4) is 0 Å². The zero-order valence-electron chi connectivity index (χ0n) is 24.2. The Balaban J connectivity index is -0.00000128. The molecule has 34 heavy (non-hydrogen) atoms. The Morgan fingerprint density at radius 1 is 0.647 bits per heavy atom. The zero-order valence-corrected chi connectivity index (χ0v) is 26.2. The molecule has 0 aromatic heterocycles. The number of anilines is 1. The van der Waals surface area contributed by atoms with Crippen LogP contribution in [0.15, 0.2) is 18.2 Å². The zero-order chi connectivity index (χ0) is 23.4. The molecule has 0 saturated carbocycles. The first-order valence-electron chi connectivity index (χ1n) is 12.9. The minimum absolute atomic E-state index is 0. The largest absolute Gasteiger partial charge is 1.00 e. The number of benzene rings is 1. The summed E-state index contributed by atoms with van der Waals surface area (Å²) in [5.74, 6) is -2.44. The third-order valence-corrected chi connectivity index (χ3v) is 6.09. The summed E-state index contributed by atoms with van der Waals surface area (Å²) in [4.78, 5) is 22.3. The van der Waals surface area contributed by atoms with E-state index in [9.17, 15) is 14.7 Å². The molecule has 0 saturated heterocycles. The summed E-state index contributed by atoms with van der Waals surface area (Å²) in [5, 5.41) is 21.4. The van der Waals surface area contributed by atoms with Gasteiger partial charge >= 0.3 is 71.1 Å². The SMILES string of the molecule is CCCCCCCCCCCCCCCCCCCNc1ccc(C(=O)O)c(C(=O)O)c1.[H-].[H-].[Na+].[Na+]. The van der Waals surface area contributed by atoms with Crippen LogP contribution >= 0.6 is 0 Å². The van der Waals surface area contributed by atoms with Crippen molar-refractivity contribution in [3.05, 3.63) is 29.3 Å². The maximum Gasteiger partial charge on any atom is 1.00 e. The summed E-state index contributed by atoms with van der Waals surface area (Å²) in [6.07, 6.45) is 22.8. The minimum Gasteiger partial charge on any atom is -1.00 e. The third kappa shape index (κ3) is 18.3. The number of hydrogen-bond donors (Lipinski definition) is 3. The first kappa shape index (κ1) is 36.1. The molecule has 0 fully saturated rings. The number of carboxylic acids is 2. The second-order valence-electron chi connectivity index (χ2n) is 8.95. The molecule has 0 aliphatic rings. The first-order valence-corrected chi connectivity index (χ1v) is 12.9. The molecule has 0 aliphatic carbocycles. The Morgan fingerprint density at radius 3 is 1.41 bits per heavy atom. The van der Waals surface area contributed by atoms with Crippen LogP contribution in [0.1, 0.15) is 140 Å². The molecule has 3 N–H and O–H groups in total. The Bertz CT molecular complexity index is 667. The van der Waals surface area contributed by atoms with Crippen LogP contribution in [-0.4, -0.2) is 28.7 Å². The minimum atomic E-state index is -1.22. The van der Waals surface area contributed by atoms with Gasteiger partial charge in [0.1, 0.15) is 0 Å². The van der Waals surface area contributed by atoms with E-state index in [4.69, 9.17) is 5.11 Å². The molecular formula is C27H47NNa2O4. The van der Waals surface area contributed by atoms with E-state index in [2.05, 4.69) is 12.2 Å². The molecule has 1 aromatic carbocycles. The Kier molecular flexibility index (Phi) is 26.2. The molecule has 0 unspecified atom stereocenters. The van der Waals surface area contributed by atoms with Gasteiger partial charge in [0.05, 0.1) is 11.1 Å². The summed E-state index contributed by atoms with van der Waals surface area (Å²) in [6.45, 7) is 3.04. The van der Waals surface area contributed by atoms with Crippen LogP contribution in [0.25, 0.3) is 0 Å². The Morgan fingerprint density at radius 2 is 1.03 bits per heavy atom. The number of aromatic carboxylic acids is 2. The van der Waals surface area contributed by atoms with Crippen LogP contribution < -0.4 is 64.4 Å². The molecule has 7 heteroatoms. The van der Waals surface area contributed by atoms with Gasteiger partial charge in [0.2, 0.25) is 0 Å². The van der Waals surface area contributed by atoms with Crippen LogP contribution in [0.2, 0.25) is 0 Å². The van der Waals surface area contributed by atoms with E-state index in [1.54, 1.807) is 6.07 Å². The Labute approximate surface area is 254 Å². The number of nitrogens with one attached hydrogen (secondary N) is 1. The van der Waals surface area contributed by atoms with Crippen molar-refractivity contribution in [2.45, 2.75) is 116 Å². The Hall–Kier alpha value is -0.0400. The van der Waals surface area contributed by atoms with Crippen molar-refractivity contribution in [2.75, 3.05) is 11.9 Å². The second kappa shape index (κ2) is 24.6. The van der Waals surface area contributed by atoms with Crippen molar-refractivity contribution in [1.29, 1.82) is 0 Å². The molecule has 0 bridgehead atoms. The van der Waals surface area contributed by atoms with Gasteiger partial charge in [0.25, 0.3) is 0 Å². The maximum absolute atomic E-state index is 11.2. The molecule has 186 valence electrons. The summed E-state index contributed by atoms with van der Waals surface area (Å²) < 4.78 is 0.